The van der Waals surface area contributed by atoms with Crippen molar-refractivity contribution in [2.24, 2.45) is 5.92 Å². The second-order valence-electron chi connectivity index (χ2n) is 6.30. The fourth-order valence-corrected chi connectivity index (χ4v) is 2.61. The highest BCUT2D eigenvalue weighted by atomic mass is 16.5. The first-order valence-corrected chi connectivity index (χ1v) is 7.85. The number of aromatic nitrogens is 2. The highest BCUT2D eigenvalue weighted by Gasteiger charge is 2.39. The Morgan fingerprint density at radius 2 is 2.13 bits per heavy atom. The zero-order valence-corrected chi connectivity index (χ0v) is 13.4. The lowest BCUT2D eigenvalue weighted by Crippen LogP contribution is -2.45. The molecule has 122 valence electrons. The fraction of sp³-hybridized carbons (Fsp3) is 0.471. The number of hydrogen-bond acceptors (Lipinski definition) is 5. The lowest BCUT2D eigenvalue weighted by molar-refractivity contribution is 0.123. The molecule has 6 nitrogen and oxygen atoms in total. The molecule has 0 aliphatic heterocycles. The number of carbonyl (C=O) groups is 1. The number of aryl methyl sites for hydroxylation is 1. The summed E-state index contributed by atoms with van der Waals surface area (Å²) >= 11 is 0. The molecule has 1 heterocycles. The van der Waals surface area contributed by atoms with Crippen molar-refractivity contribution < 1.29 is 14.1 Å². The summed E-state index contributed by atoms with van der Waals surface area (Å²) < 4.78 is 10.4. The Morgan fingerprint density at radius 1 is 1.39 bits per heavy atom. The summed E-state index contributed by atoms with van der Waals surface area (Å²) in [5.74, 6) is 1.58. The van der Waals surface area contributed by atoms with Gasteiger partial charge in [-0.05, 0) is 24.8 Å². The molecule has 1 saturated carbocycles. The third-order valence-electron chi connectivity index (χ3n) is 4.01. The van der Waals surface area contributed by atoms with Gasteiger partial charge in [0, 0.05) is 6.92 Å². The Labute approximate surface area is 135 Å². The van der Waals surface area contributed by atoms with E-state index in [2.05, 4.69) is 15.5 Å². The Morgan fingerprint density at radius 3 is 2.74 bits per heavy atom. The largest absolute Gasteiger partial charge is 0.445 e. The van der Waals surface area contributed by atoms with Crippen LogP contribution >= 0.6 is 0 Å². The molecule has 1 aromatic carbocycles. The van der Waals surface area contributed by atoms with Gasteiger partial charge in [-0.1, -0.05) is 48.3 Å². The summed E-state index contributed by atoms with van der Waals surface area (Å²) in [5.41, 5.74) is 0.272. The van der Waals surface area contributed by atoms with Gasteiger partial charge >= 0.3 is 6.09 Å². The van der Waals surface area contributed by atoms with Gasteiger partial charge in [-0.15, -0.1) is 0 Å². The predicted molar refractivity (Wildman–Crippen MR) is 83.5 cm³/mol. The van der Waals surface area contributed by atoms with Crippen molar-refractivity contribution in [3.8, 4) is 0 Å². The molecule has 1 unspecified atom stereocenters. The number of nitrogens with one attached hydrogen (secondary N) is 1. The number of benzene rings is 1. The number of nitrogens with zero attached hydrogens (tertiary/aromatic N) is 2. The maximum absolute atomic E-state index is 12.2. The first-order chi connectivity index (χ1) is 11.0. The van der Waals surface area contributed by atoms with Crippen LogP contribution < -0.4 is 5.32 Å². The predicted octanol–water partition coefficient (Wildman–Crippen LogP) is 3.32. The summed E-state index contributed by atoms with van der Waals surface area (Å²) in [6.45, 7) is 3.89. The molecule has 0 saturated heterocycles. The summed E-state index contributed by atoms with van der Waals surface area (Å²) in [4.78, 5) is 16.5. The molecule has 1 fully saturated rings. The monoisotopic (exact) mass is 315 g/mol. The van der Waals surface area contributed by atoms with E-state index in [1.807, 2.05) is 37.3 Å². The summed E-state index contributed by atoms with van der Waals surface area (Å²) in [5, 5.41) is 6.90. The van der Waals surface area contributed by atoms with E-state index in [0.29, 0.717) is 17.6 Å². The Kier molecular flexibility index (Phi) is 4.32. The van der Waals surface area contributed by atoms with E-state index in [4.69, 9.17) is 9.26 Å². The van der Waals surface area contributed by atoms with E-state index in [1.54, 1.807) is 6.92 Å². The van der Waals surface area contributed by atoms with E-state index in [0.717, 1.165) is 12.0 Å². The van der Waals surface area contributed by atoms with Crippen LogP contribution in [-0.4, -0.2) is 16.2 Å². The van der Waals surface area contributed by atoms with Crippen LogP contribution in [0.5, 0.6) is 0 Å². The van der Waals surface area contributed by atoms with Crippen LogP contribution in [-0.2, 0) is 16.9 Å². The van der Waals surface area contributed by atoms with Gasteiger partial charge in [0.1, 0.15) is 12.1 Å². The number of ether oxygens (including phenoxy) is 1. The van der Waals surface area contributed by atoms with Crippen LogP contribution in [0.25, 0.3) is 0 Å². The van der Waals surface area contributed by atoms with Crippen LogP contribution in [0.4, 0.5) is 4.79 Å². The SMILES string of the molecule is Cc1nc(C(C)(CC2CC2)NC(=O)OCc2ccccc2)no1. The molecule has 2 aromatic rings. The molecule has 1 N–H and O–H groups in total. The third-order valence-corrected chi connectivity index (χ3v) is 4.01. The molecule has 1 aliphatic carbocycles. The molecule has 0 bridgehead atoms. The van der Waals surface area contributed by atoms with E-state index in [-0.39, 0.29) is 6.61 Å². The van der Waals surface area contributed by atoms with Crippen LogP contribution in [0.2, 0.25) is 0 Å². The maximum Gasteiger partial charge on any atom is 0.408 e. The second kappa shape index (κ2) is 6.40. The van der Waals surface area contributed by atoms with Crippen LogP contribution in [0, 0.1) is 12.8 Å². The highest BCUT2D eigenvalue weighted by Crippen LogP contribution is 2.40. The van der Waals surface area contributed by atoms with Crippen LogP contribution in [0.1, 0.15) is 43.5 Å². The highest BCUT2D eigenvalue weighted by molar-refractivity contribution is 5.68. The molecule has 1 aliphatic rings. The first-order valence-electron chi connectivity index (χ1n) is 7.85. The van der Waals surface area contributed by atoms with Crippen LogP contribution in [0.15, 0.2) is 34.9 Å². The molecule has 23 heavy (non-hydrogen) atoms. The molecule has 0 radical (unpaired) electrons. The summed E-state index contributed by atoms with van der Waals surface area (Å²) in [6.07, 6.45) is 2.66. The average molecular weight is 315 g/mol. The lowest BCUT2D eigenvalue weighted by Gasteiger charge is -2.27. The number of amides is 1. The average Bonchev–Trinajstić information content (AvgIpc) is 3.22. The number of hydrogen-bond donors (Lipinski definition) is 1. The van der Waals surface area contributed by atoms with Crippen molar-refractivity contribution in [3.05, 3.63) is 47.6 Å². The zero-order chi connectivity index (χ0) is 16.3. The molecule has 0 spiro atoms. The zero-order valence-electron chi connectivity index (χ0n) is 13.4. The second-order valence-corrected chi connectivity index (χ2v) is 6.30. The maximum atomic E-state index is 12.2. The molecular formula is C17H21N3O3. The van der Waals surface area contributed by atoms with Gasteiger partial charge in [0.05, 0.1) is 0 Å². The Bertz CT molecular complexity index is 667. The molecule has 1 amide bonds. The minimum absolute atomic E-state index is 0.234. The first kappa shape index (κ1) is 15.5. The minimum atomic E-state index is -0.674. The van der Waals surface area contributed by atoms with Gasteiger partial charge in [0.2, 0.25) is 5.89 Å². The van der Waals surface area contributed by atoms with Crippen molar-refractivity contribution in [1.82, 2.24) is 15.5 Å². The van der Waals surface area contributed by atoms with Crippen molar-refractivity contribution in [1.29, 1.82) is 0 Å². The molecule has 6 heteroatoms. The molecule has 1 aromatic heterocycles. The molecular weight excluding hydrogens is 294 g/mol. The van der Waals surface area contributed by atoms with Crippen molar-refractivity contribution in [2.45, 2.75) is 45.3 Å². The Balaban J connectivity index is 1.64. The standard InChI is InChI=1S/C17H21N3O3/c1-12-18-15(20-23-12)17(2,10-13-8-9-13)19-16(21)22-11-14-6-4-3-5-7-14/h3-7,13H,8-11H2,1-2H3,(H,19,21). The Hall–Kier alpha value is -2.37. The summed E-state index contributed by atoms with van der Waals surface area (Å²) in [7, 11) is 0. The van der Waals surface area contributed by atoms with E-state index in [9.17, 15) is 4.79 Å². The minimum Gasteiger partial charge on any atom is -0.445 e. The lowest BCUT2D eigenvalue weighted by atomic mass is 9.94. The number of carbonyl (C=O) groups excluding carboxylic acids is 1. The summed E-state index contributed by atoms with van der Waals surface area (Å²) in [6, 6.07) is 9.58. The van der Waals surface area contributed by atoms with Gasteiger partial charge in [0.25, 0.3) is 0 Å². The van der Waals surface area contributed by atoms with Gasteiger partial charge in [-0.2, -0.15) is 4.98 Å². The fourth-order valence-electron chi connectivity index (χ4n) is 2.61. The van der Waals surface area contributed by atoms with Gasteiger partial charge in [-0.25, -0.2) is 4.79 Å². The van der Waals surface area contributed by atoms with Crippen molar-refractivity contribution in [2.75, 3.05) is 0 Å². The van der Waals surface area contributed by atoms with Gasteiger partial charge < -0.3 is 14.6 Å². The normalized spacial score (nSPS) is 16.6. The van der Waals surface area contributed by atoms with E-state index in [1.165, 1.54) is 12.8 Å². The van der Waals surface area contributed by atoms with Crippen LogP contribution in [0.3, 0.4) is 0 Å². The molecule has 1 atom stereocenters. The number of alkyl carbamates (subject to hydrolysis) is 1. The topological polar surface area (TPSA) is 77.2 Å². The van der Waals surface area contributed by atoms with Gasteiger partial charge in [0.15, 0.2) is 5.82 Å². The van der Waals surface area contributed by atoms with Gasteiger partial charge in [-0.3, -0.25) is 0 Å². The molecule has 3 rings (SSSR count). The number of rotatable bonds is 6. The quantitative estimate of drug-likeness (QED) is 0.885. The smallest absolute Gasteiger partial charge is 0.408 e. The third kappa shape index (κ3) is 4.09. The van der Waals surface area contributed by atoms with E-state index >= 15 is 0 Å². The van der Waals surface area contributed by atoms with E-state index < -0.39 is 11.6 Å². The van der Waals surface area contributed by atoms with Crippen molar-refractivity contribution in [3.63, 3.8) is 0 Å². The van der Waals surface area contributed by atoms with Crippen molar-refractivity contribution >= 4 is 6.09 Å².